The second kappa shape index (κ2) is 8.27. The van der Waals surface area contributed by atoms with Crippen molar-refractivity contribution in [1.82, 2.24) is 0 Å². The zero-order valence-corrected chi connectivity index (χ0v) is 15.5. The van der Waals surface area contributed by atoms with Gasteiger partial charge in [0.25, 0.3) is 0 Å². The predicted molar refractivity (Wildman–Crippen MR) is 106 cm³/mol. The number of carbonyl (C=O) groups is 1. The topological polar surface area (TPSA) is 46.5 Å². The van der Waals surface area contributed by atoms with Gasteiger partial charge in [0.1, 0.15) is 5.60 Å². The van der Waals surface area contributed by atoms with E-state index in [4.69, 9.17) is 4.52 Å². The lowest BCUT2D eigenvalue weighted by molar-refractivity contribution is 0.0695. The maximum atomic E-state index is 11.2. The summed E-state index contributed by atoms with van der Waals surface area (Å²) >= 11 is 0. The molecule has 0 aliphatic carbocycles. The summed E-state index contributed by atoms with van der Waals surface area (Å²) in [7, 11) is 2.40. The van der Waals surface area contributed by atoms with E-state index in [1.54, 1.807) is 12.1 Å². The van der Waals surface area contributed by atoms with E-state index >= 15 is 0 Å². The summed E-state index contributed by atoms with van der Waals surface area (Å²) < 4.78 is 6.00. The molecule has 3 aromatic rings. The lowest BCUT2D eigenvalue weighted by Gasteiger charge is -2.33. The number of benzene rings is 3. The van der Waals surface area contributed by atoms with E-state index in [9.17, 15) is 9.90 Å². The van der Waals surface area contributed by atoms with Gasteiger partial charge in [-0.1, -0.05) is 72.8 Å². The van der Waals surface area contributed by atoms with Crippen LogP contribution in [0.5, 0.6) is 0 Å². The van der Waals surface area contributed by atoms with E-state index in [-0.39, 0.29) is 5.56 Å². The first-order valence-corrected chi connectivity index (χ1v) is 8.90. The third-order valence-electron chi connectivity index (χ3n) is 4.55. The van der Waals surface area contributed by atoms with Crippen molar-refractivity contribution in [2.75, 3.05) is 0 Å². The zero-order valence-electron chi connectivity index (χ0n) is 14.3. The van der Waals surface area contributed by atoms with Gasteiger partial charge in [0.05, 0.1) is 5.56 Å². The molecule has 0 bridgehead atoms. The predicted octanol–water partition coefficient (Wildman–Crippen LogP) is 4.87. The minimum Gasteiger partial charge on any atom is -0.478 e. The van der Waals surface area contributed by atoms with Crippen LogP contribution in [-0.4, -0.2) is 11.1 Å². The maximum Gasteiger partial charge on any atom is 0.335 e. The van der Waals surface area contributed by atoms with E-state index in [0.717, 1.165) is 16.7 Å². The summed E-state index contributed by atoms with van der Waals surface area (Å²) in [6.07, 6.45) is 1.36. The molecule has 0 aliphatic heterocycles. The summed E-state index contributed by atoms with van der Waals surface area (Å²) in [5.74, 6) is -0.930. The molecule has 0 radical (unpaired) electrons. The van der Waals surface area contributed by atoms with Crippen LogP contribution in [0.4, 0.5) is 0 Å². The quantitative estimate of drug-likeness (QED) is 0.608. The zero-order chi connectivity index (χ0) is 18.4. The van der Waals surface area contributed by atoms with E-state index < -0.39 is 11.6 Å². The number of rotatable bonds is 7. The van der Waals surface area contributed by atoms with Gasteiger partial charge in [-0.25, -0.2) is 4.79 Å². The first-order valence-electron chi connectivity index (χ1n) is 8.42. The van der Waals surface area contributed by atoms with Crippen molar-refractivity contribution in [3.05, 3.63) is 107 Å². The number of hydrogen-bond acceptors (Lipinski definition) is 2. The number of aromatic carboxylic acids is 1. The van der Waals surface area contributed by atoms with Gasteiger partial charge in [0, 0.05) is 22.3 Å². The smallest absolute Gasteiger partial charge is 0.335 e. The van der Waals surface area contributed by atoms with Gasteiger partial charge in [0.15, 0.2) is 0 Å². The van der Waals surface area contributed by atoms with Gasteiger partial charge < -0.3 is 9.63 Å². The Kier molecular flexibility index (Phi) is 5.82. The first kappa shape index (κ1) is 18.3. The first-order chi connectivity index (χ1) is 12.6. The van der Waals surface area contributed by atoms with Gasteiger partial charge in [-0.3, -0.25) is 0 Å². The molecule has 0 aromatic heterocycles. The maximum absolute atomic E-state index is 11.2. The van der Waals surface area contributed by atoms with Crippen LogP contribution in [-0.2, 0) is 23.0 Å². The van der Waals surface area contributed by atoms with Crippen molar-refractivity contribution in [3.8, 4) is 0 Å². The van der Waals surface area contributed by atoms with Crippen LogP contribution in [0, 0.1) is 0 Å². The number of carboxylic acids is 1. The molecule has 132 valence electrons. The van der Waals surface area contributed by atoms with Crippen molar-refractivity contribution < 1.29 is 14.4 Å². The van der Waals surface area contributed by atoms with Crippen LogP contribution in [0.3, 0.4) is 0 Å². The van der Waals surface area contributed by atoms with Crippen molar-refractivity contribution in [3.63, 3.8) is 0 Å². The minimum atomic E-state index is -0.930. The highest BCUT2D eigenvalue weighted by molar-refractivity contribution is 7.09. The van der Waals surface area contributed by atoms with Gasteiger partial charge in [-0.05, 0) is 28.8 Å². The average Bonchev–Trinajstić information content (AvgIpc) is 2.69. The summed E-state index contributed by atoms with van der Waals surface area (Å²) in [5.41, 5.74) is 2.93. The van der Waals surface area contributed by atoms with Crippen molar-refractivity contribution in [1.29, 1.82) is 0 Å². The average molecular weight is 364 g/mol. The molecular weight excluding hydrogens is 343 g/mol. The third kappa shape index (κ3) is 4.19. The van der Waals surface area contributed by atoms with Crippen LogP contribution >= 0.6 is 9.47 Å². The Balaban J connectivity index is 2.02. The molecule has 0 saturated carbocycles. The van der Waals surface area contributed by atoms with Crippen LogP contribution in [0.15, 0.2) is 84.9 Å². The van der Waals surface area contributed by atoms with Gasteiger partial charge in [0.2, 0.25) is 0 Å². The standard InChI is InChI=1S/C22H21O3P/c23-21(24)19-11-13-20(14-12-19)22(25-26,15-17-7-3-1-4-8-17)16-18-9-5-2-6-10-18/h1-14H,15-16,26H2,(H,23,24). The Morgan fingerprint density at radius 3 is 1.65 bits per heavy atom. The largest absolute Gasteiger partial charge is 0.478 e. The highest BCUT2D eigenvalue weighted by Crippen LogP contribution is 2.36. The molecule has 0 heterocycles. The molecule has 3 nitrogen and oxygen atoms in total. The fraction of sp³-hybridized carbons (Fsp3) is 0.136. The highest BCUT2D eigenvalue weighted by Gasteiger charge is 2.33. The van der Waals surface area contributed by atoms with E-state index in [0.29, 0.717) is 12.8 Å². The Hall–Kier alpha value is -2.48. The normalized spacial score (nSPS) is 11.3. The molecule has 0 amide bonds. The monoisotopic (exact) mass is 364 g/mol. The van der Waals surface area contributed by atoms with Crippen LogP contribution in [0.25, 0.3) is 0 Å². The summed E-state index contributed by atoms with van der Waals surface area (Å²) in [6.45, 7) is 0. The number of carboxylic acid groups (broad SMARTS) is 1. The molecule has 4 heteroatoms. The molecule has 0 aliphatic rings. The van der Waals surface area contributed by atoms with Gasteiger partial charge in [-0.15, -0.1) is 0 Å². The lowest BCUT2D eigenvalue weighted by atomic mass is 9.82. The second-order valence-corrected chi connectivity index (χ2v) is 6.56. The molecule has 0 fully saturated rings. The highest BCUT2D eigenvalue weighted by atomic mass is 31.0. The second-order valence-electron chi connectivity index (χ2n) is 6.32. The van der Waals surface area contributed by atoms with E-state index in [1.165, 1.54) is 0 Å². The molecule has 0 saturated heterocycles. The van der Waals surface area contributed by atoms with Crippen molar-refractivity contribution in [2.24, 2.45) is 0 Å². The fourth-order valence-electron chi connectivity index (χ4n) is 3.19. The SMILES string of the molecule is O=C(O)c1ccc(C(Cc2ccccc2)(Cc2ccccc2)OP)cc1. The molecule has 1 atom stereocenters. The lowest BCUT2D eigenvalue weighted by Crippen LogP contribution is -2.32. The summed E-state index contributed by atoms with van der Waals surface area (Å²) in [4.78, 5) is 11.2. The molecule has 3 rings (SSSR count). The Morgan fingerprint density at radius 1 is 0.808 bits per heavy atom. The fourth-order valence-corrected chi connectivity index (χ4v) is 3.49. The van der Waals surface area contributed by atoms with E-state index in [1.807, 2.05) is 48.5 Å². The van der Waals surface area contributed by atoms with Gasteiger partial charge >= 0.3 is 5.97 Å². The molecule has 0 spiro atoms. The molecular formula is C22H21O3P. The molecule has 3 aromatic carbocycles. The Labute approximate surface area is 155 Å². The van der Waals surface area contributed by atoms with Crippen LogP contribution in [0.2, 0.25) is 0 Å². The molecule has 26 heavy (non-hydrogen) atoms. The van der Waals surface area contributed by atoms with Gasteiger partial charge in [-0.2, -0.15) is 0 Å². The minimum absolute atomic E-state index is 0.269. The molecule has 1 unspecified atom stereocenters. The summed E-state index contributed by atoms with van der Waals surface area (Å²) in [6, 6.07) is 27.3. The Morgan fingerprint density at radius 2 is 1.27 bits per heavy atom. The summed E-state index contributed by atoms with van der Waals surface area (Å²) in [5, 5.41) is 9.17. The third-order valence-corrected chi connectivity index (χ3v) is 5.00. The van der Waals surface area contributed by atoms with E-state index in [2.05, 4.69) is 33.7 Å². The van der Waals surface area contributed by atoms with Crippen molar-refractivity contribution in [2.45, 2.75) is 18.4 Å². The van der Waals surface area contributed by atoms with Crippen molar-refractivity contribution >= 4 is 15.4 Å². The Bertz CT molecular complexity index is 804. The number of hydrogen-bond donors (Lipinski definition) is 1. The molecule has 1 N–H and O–H groups in total. The van der Waals surface area contributed by atoms with Crippen LogP contribution < -0.4 is 0 Å². The van der Waals surface area contributed by atoms with Crippen LogP contribution in [0.1, 0.15) is 27.0 Å².